The van der Waals surface area contributed by atoms with Crippen LogP contribution in [0.1, 0.15) is 0 Å². The van der Waals surface area contributed by atoms with Crippen molar-refractivity contribution in [3.63, 3.8) is 0 Å². The largest absolute Gasteiger partial charge is 0.309 e. The molecule has 10 rings (SSSR count). The number of benzene rings is 7. The number of nitrogens with zero attached hydrogens (tertiary/aromatic N) is 3. The van der Waals surface area contributed by atoms with Crippen molar-refractivity contribution in [3.05, 3.63) is 188 Å². The number of thiophene rings is 1. The third-order valence-corrected chi connectivity index (χ3v) is 11.0. The molecule has 0 amide bonds. The SMILES string of the molecule is c1ccc(-c2ccc(-c3cc(-c4ccccc4)nc(-c4cccc(-n5c6ccccc6c6c7sc(-c8ccccc8)cc7ccc65)c4)n3)cc2)cc1. The van der Waals surface area contributed by atoms with Crippen LogP contribution in [0.15, 0.2) is 188 Å². The minimum atomic E-state index is 0.694. The molecule has 4 heteroatoms. The Labute approximate surface area is 305 Å². The van der Waals surface area contributed by atoms with Gasteiger partial charge in [0.05, 0.1) is 22.4 Å². The van der Waals surface area contributed by atoms with Crippen molar-refractivity contribution in [2.24, 2.45) is 0 Å². The molecule has 0 fully saturated rings. The van der Waals surface area contributed by atoms with Crippen molar-refractivity contribution in [2.75, 3.05) is 0 Å². The molecule has 0 aliphatic rings. The van der Waals surface area contributed by atoms with Crippen LogP contribution in [-0.4, -0.2) is 14.5 Å². The highest BCUT2D eigenvalue weighted by molar-refractivity contribution is 7.23. The van der Waals surface area contributed by atoms with Crippen LogP contribution in [-0.2, 0) is 0 Å². The monoisotopic (exact) mass is 681 g/mol. The van der Waals surface area contributed by atoms with Crippen LogP contribution in [0.25, 0.3) is 93.0 Å². The van der Waals surface area contributed by atoms with Gasteiger partial charge in [0.15, 0.2) is 5.82 Å². The first-order valence-corrected chi connectivity index (χ1v) is 18.3. The molecule has 10 aromatic rings. The summed E-state index contributed by atoms with van der Waals surface area (Å²) in [5.41, 5.74) is 11.9. The normalized spacial score (nSPS) is 11.5. The smallest absolute Gasteiger partial charge is 0.160 e. The molecule has 3 heterocycles. The van der Waals surface area contributed by atoms with Gasteiger partial charge in [0.25, 0.3) is 0 Å². The van der Waals surface area contributed by atoms with E-state index in [1.54, 1.807) is 0 Å². The highest BCUT2D eigenvalue weighted by Gasteiger charge is 2.18. The zero-order valence-electron chi connectivity index (χ0n) is 28.1. The molecule has 0 unspecified atom stereocenters. The summed E-state index contributed by atoms with van der Waals surface area (Å²) in [5.74, 6) is 0.694. The predicted octanol–water partition coefficient (Wildman–Crippen LogP) is 13.1. The summed E-state index contributed by atoms with van der Waals surface area (Å²) in [6.07, 6.45) is 0. The Morgan fingerprint density at radius 2 is 0.981 bits per heavy atom. The van der Waals surface area contributed by atoms with Crippen molar-refractivity contribution in [2.45, 2.75) is 0 Å². The lowest BCUT2D eigenvalue weighted by atomic mass is 10.0. The van der Waals surface area contributed by atoms with Crippen LogP contribution in [0.5, 0.6) is 0 Å². The van der Waals surface area contributed by atoms with Crippen molar-refractivity contribution in [1.82, 2.24) is 14.5 Å². The zero-order chi connectivity index (χ0) is 34.4. The quantitative estimate of drug-likeness (QED) is 0.175. The third-order valence-electron chi connectivity index (χ3n) is 9.82. The highest BCUT2D eigenvalue weighted by Crippen LogP contribution is 2.43. The topological polar surface area (TPSA) is 30.7 Å². The molecule has 0 spiro atoms. The second-order valence-electron chi connectivity index (χ2n) is 13.0. The first-order chi connectivity index (χ1) is 25.8. The first kappa shape index (κ1) is 30.2. The summed E-state index contributed by atoms with van der Waals surface area (Å²) in [6.45, 7) is 0. The lowest BCUT2D eigenvalue weighted by Crippen LogP contribution is -1.98. The molecule has 52 heavy (non-hydrogen) atoms. The fraction of sp³-hybridized carbons (Fsp3) is 0. The molecule has 0 N–H and O–H groups in total. The lowest BCUT2D eigenvalue weighted by molar-refractivity contribution is 1.16. The van der Waals surface area contributed by atoms with E-state index in [1.807, 2.05) is 23.5 Å². The van der Waals surface area contributed by atoms with Gasteiger partial charge in [-0.1, -0.05) is 152 Å². The molecule has 3 aromatic heterocycles. The Bertz CT molecular complexity index is 2870. The van der Waals surface area contributed by atoms with Gasteiger partial charge in [0.2, 0.25) is 0 Å². The van der Waals surface area contributed by atoms with E-state index < -0.39 is 0 Å². The molecule has 0 atom stereocenters. The van der Waals surface area contributed by atoms with E-state index in [0.29, 0.717) is 5.82 Å². The highest BCUT2D eigenvalue weighted by atomic mass is 32.1. The molecular weight excluding hydrogens is 651 g/mol. The number of fused-ring (bicyclic) bond motifs is 5. The van der Waals surface area contributed by atoms with Crippen LogP contribution in [0.2, 0.25) is 0 Å². The molecule has 7 aromatic carbocycles. The maximum Gasteiger partial charge on any atom is 0.160 e. The van der Waals surface area contributed by atoms with E-state index in [4.69, 9.17) is 9.97 Å². The van der Waals surface area contributed by atoms with Gasteiger partial charge < -0.3 is 4.57 Å². The van der Waals surface area contributed by atoms with Crippen molar-refractivity contribution < 1.29 is 0 Å². The average molecular weight is 682 g/mol. The van der Waals surface area contributed by atoms with E-state index in [9.17, 15) is 0 Å². The number of hydrogen-bond acceptors (Lipinski definition) is 3. The van der Waals surface area contributed by atoms with Gasteiger partial charge in [-0.05, 0) is 58.5 Å². The number of aromatic nitrogens is 3. The summed E-state index contributed by atoms with van der Waals surface area (Å²) < 4.78 is 3.70. The van der Waals surface area contributed by atoms with Gasteiger partial charge in [-0.3, -0.25) is 0 Å². The van der Waals surface area contributed by atoms with Gasteiger partial charge >= 0.3 is 0 Å². The minimum Gasteiger partial charge on any atom is -0.309 e. The van der Waals surface area contributed by atoms with Gasteiger partial charge in [0, 0.05) is 42.7 Å². The van der Waals surface area contributed by atoms with Crippen LogP contribution < -0.4 is 0 Å². The minimum absolute atomic E-state index is 0.694. The number of para-hydroxylation sites is 1. The van der Waals surface area contributed by atoms with Crippen molar-refractivity contribution >= 4 is 43.2 Å². The molecule has 3 nitrogen and oxygen atoms in total. The van der Waals surface area contributed by atoms with Gasteiger partial charge in [-0.15, -0.1) is 11.3 Å². The van der Waals surface area contributed by atoms with E-state index >= 15 is 0 Å². The summed E-state index contributed by atoms with van der Waals surface area (Å²) in [5, 5.41) is 3.80. The molecule has 0 saturated heterocycles. The molecule has 0 bridgehead atoms. The molecule has 244 valence electrons. The standard InChI is InChI=1S/C48H31N3S/c1-4-13-32(14-5-1)33-23-25-35(26-24-33)42-31-41(34-15-6-2-7-16-34)49-48(50-42)38-19-12-20-39(29-38)51-43-22-11-10-21-40(43)46-44(51)28-27-37-30-45(52-47(37)46)36-17-8-3-9-18-36/h1-31H. The average Bonchev–Trinajstić information content (AvgIpc) is 3.82. The summed E-state index contributed by atoms with van der Waals surface area (Å²) >= 11 is 1.87. The number of hydrogen-bond donors (Lipinski definition) is 0. The molecule has 0 aliphatic carbocycles. The van der Waals surface area contributed by atoms with Crippen LogP contribution in [0, 0.1) is 0 Å². The Morgan fingerprint density at radius 1 is 0.404 bits per heavy atom. The van der Waals surface area contributed by atoms with Gasteiger partial charge in [0.1, 0.15) is 0 Å². The summed E-state index contributed by atoms with van der Waals surface area (Å²) in [6, 6.07) is 66.5. The predicted molar refractivity (Wildman–Crippen MR) is 219 cm³/mol. The first-order valence-electron chi connectivity index (χ1n) is 17.5. The van der Waals surface area contributed by atoms with Crippen LogP contribution in [0.4, 0.5) is 0 Å². The van der Waals surface area contributed by atoms with E-state index in [0.717, 1.165) is 33.8 Å². The Hall–Kier alpha value is -6.62. The van der Waals surface area contributed by atoms with E-state index in [1.165, 1.54) is 53.5 Å². The Kier molecular flexibility index (Phi) is 7.33. The second-order valence-corrected chi connectivity index (χ2v) is 14.1. The molecule has 0 aliphatic heterocycles. The van der Waals surface area contributed by atoms with Gasteiger partial charge in [-0.2, -0.15) is 0 Å². The van der Waals surface area contributed by atoms with Crippen LogP contribution in [0.3, 0.4) is 0 Å². The van der Waals surface area contributed by atoms with Crippen LogP contribution >= 0.6 is 11.3 Å². The van der Waals surface area contributed by atoms with Crippen molar-refractivity contribution in [3.8, 4) is 61.2 Å². The maximum atomic E-state index is 5.20. The Morgan fingerprint density at radius 3 is 1.71 bits per heavy atom. The van der Waals surface area contributed by atoms with E-state index in [-0.39, 0.29) is 0 Å². The number of rotatable bonds is 6. The van der Waals surface area contributed by atoms with Gasteiger partial charge in [-0.25, -0.2) is 9.97 Å². The van der Waals surface area contributed by atoms with Crippen molar-refractivity contribution in [1.29, 1.82) is 0 Å². The zero-order valence-corrected chi connectivity index (χ0v) is 29.0. The Balaban J connectivity index is 1.12. The van der Waals surface area contributed by atoms with E-state index in [2.05, 4.69) is 180 Å². The summed E-state index contributed by atoms with van der Waals surface area (Å²) in [7, 11) is 0. The third kappa shape index (κ3) is 5.29. The molecule has 0 radical (unpaired) electrons. The lowest BCUT2D eigenvalue weighted by Gasteiger charge is -2.12. The fourth-order valence-corrected chi connectivity index (χ4v) is 8.52. The molecular formula is C48H31N3S. The summed E-state index contributed by atoms with van der Waals surface area (Å²) in [4.78, 5) is 11.6. The maximum absolute atomic E-state index is 5.20. The second kappa shape index (κ2) is 12.6. The fourth-order valence-electron chi connectivity index (χ4n) is 7.30. The molecule has 0 saturated carbocycles.